The van der Waals surface area contributed by atoms with E-state index in [4.69, 9.17) is 4.74 Å². The summed E-state index contributed by atoms with van der Waals surface area (Å²) >= 11 is 0. The molecule has 0 radical (unpaired) electrons. The number of hydrogen-bond donors (Lipinski definition) is 1. The Balaban J connectivity index is 1.92. The van der Waals surface area contributed by atoms with E-state index in [0.717, 1.165) is 38.1 Å². The SMILES string of the molecule is FC(F)(F)c1ccnc(OCC2CCCCN2)n1. The molecule has 1 aromatic rings. The molecule has 1 aromatic heterocycles. The van der Waals surface area contributed by atoms with Crippen molar-refractivity contribution in [3.05, 3.63) is 18.0 Å². The molecule has 2 rings (SSSR count). The van der Waals surface area contributed by atoms with Gasteiger partial charge in [0.15, 0.2) is 5.69 Å². The second-order valence-electron chi connectivity index (χ2n) is 4.18. The molecule has 0 amide bonds. The first-order valence-corrected chi connectivity index (χ1v) is 5.82. The molecule has 0 bridgehead atoms. The lowest BCUT2D eigenvalue weighted by Crippen LogP contribution is -2.38. The minimum atomic E-state index is -4.47. The van der Waals surface area contributed by atoms with Gasteiger partial charge in [-0.2, -0.15) is 18.2 Å². The highest BCUT2D eigenvalue weighted by Gasteiger charge is 2.33. The number of alkyl halides is 3. The highest BCUT2D eigenvalue weighted by molar-refractivity contribution is 5.08. The topological polar surface area (TPSA) is 47.0 Å². The molecular formula is C11H14F3N3O. The highest BCUT2D eigenvalue weighted by Crippen LogP contribution is 2.27. The number of piperidine rings is 1. The molecule has 0 saturated carbocycles. The molecule has 0 aliphatic carbocycles. The third kappa shape index (κ3) is 3.56. The third-order valence-electron chi connectivity index (χ3n) is 2.75. The van der Waals surface area contributed by atoms with Gasteiger partial charge in [-0.25, -0.2) is 4.98 Å². The molecule has 0 spiro atoms. The Kier molecular flexibility index (Phi) is 4.00. The van der Waals surface area contributed by atoms with Crippen molar-refractivity contribution >= 4 is 0 Å². The van der Waals surface area contributed by atoms with E-state index in [0.29, 0.717) is 6.61 Å². The Hall–Kier alpha value is -1.37. The molecule has 1 aliphatic rings. The predicted molar refractivity (Wildman–Crippen MR) is 58.2 cm³/mol. The van der Waals surface area contributed by atoms with Gasteiger partial charge < -0.3 is 10.1 Å². The van der Waals surface area contributed by atoms with Gasteiger partial charge in [-0.05, 0) is 25.5 Å². The van der Waals surface area contributed by atoms with E-state index >= 15 is 0 Å². The average molecular weight is 261 g/mol. The minimum absolute atomic E-state index is 0.164. The van der Waals surface area contributed by atoms with Gasteiger partial charge in [0, 0.05) is 12.2 Å². The number of rotatable bonds is 3. The zero-order valence-electron chi connectivity index (χ0n) is 9.70. The quantitative estimate of drug-likeness (QED) is 0.904. The van der Waals surface area contributed by atoms with Gasteiger partial charge in [-0.15, -0.1) is 0 Å². The maximum atomic E-state index is 12.4. The Bertz CT molecular complexity index is 391. The van der Waals surface area contributed by atoms with Crippen LogP contribution in [0.25, 0.3) is 0 Å². The van der Waals surface area contributed by atoms with Crippen molar-refractivity contribution in [2.45, 2.75) is 31.5 Å². The van der Waals surface area contributed by atoms with Gasteiger partial charge >= 0.3 is 12.2 Å². The normalized spacial score (nSPS) is 20.7. The maximum Gasteiger partial charge on any atom is 0.433 e. The second-order valence-corrected chi connectivity index (χ2v) is 4.18. The molecule has 1 unspecified atom stereocenters. The van der Waals surface area contributed by atoms with Crippen LogP contribution in [0, 0.1) is 0 Å². The summed E-state index contributed by atoms with van der Waals surface area (Å²) in [6.07, 6.45) is -0.233. The summed E-state index contributed by atoms with van der Waals surface area (Å²) in [4.78, 5) is 7.02. The van der Waals surface area contributed by atoms with Crippen molar-refractivity contribution in [1.29, 1.82) is 0 Å². The molecular weight excluding hydrogens is 247 g/mol. The van der Waals surface area contributed by atoms with E-state index in [2.05, 4.69) is 15.3 Å². The monoisotopic (exact) mass is 261 g/mol. The van der Waals surface area contributed by atoms with Gasteiger partial charge in [-0.1, -0.05) is 6.42 Å². The summed E-state index contributed by atoms with van der Waals surface area (Å²) in [5, 5.41) is 3.23. The molecule has 18 heavy (non-hydrogen) atoms. The van der Waals surface area contributed by atoms with Crippen LogP contribution in [0.5, 0.6) is 6.01 Å². The maximum absolute atomic E-state index is 12.4. The summed E-state index contributed by atoms with van der Waals surface area (Å²) < 4.78 is 42.4. The first kappa shape index (κ1) is 13.1. The van der Waals surface area contributed by atoms with Crippen LogP contribution in [0.1, 0.15) is 25.0 Å². The lowest BCUT2D eigenvalue weighted by Gasteiger charge is -2.22. The van der Waals surface area contributed by atoms with Gasteiger partial charge in [0.1, 0.15) is 6.61 Å². The van der Waals surface area contributed by atoms with E-state index < -0.39 is 11.9 Å². The summed E-state index contributed by atoms with van der Waals surface area (Å²) in [6.45, 7) is 1.21. The van der Waals surface area contributed by atoms with E-state index in [-0.39, 0.29) is 12.1 Å². The van der Waals surface area contributed by atoms with Crippen LogP contribution in [0.2, 0.25) is 0 Å². The Morgan fingerprint density at radius 3 is 2.89 bits per heavy atom. The number of hydrogen-bond acceptors (Lipinski definition) is 4. The van der Waals surface area contributed by atoms with Gasteiger partial charge in [-0.3, -0.25) is 0 Å². The molecule has 0 aromatic carbocycles. The van der Waals surface area contributed by atoms with Crippen molar-refractivity contribution < 1.29 is 17.9 Å². The van der Waals surface area contributed by atoms with Gasteiger partial charge in [0.25, 0.3) is 0 Å². The Morgan fingerprint density at radius 2 is 2.22 bits per heavy atom. The van der Waals surface area contributed by atoms with Crippen molar-refractivity contribution in [1.82, 2.24) is 15.3 Å². The molecule has 1 N–H and O–H groups in total. The van der Waals surface area contributed by atoms with E-state index in [1.54, 1.807) is 0 Å². The molecule has 1 saturated heterocycles. The number of ether oxygens (including phenoxy) is 1. The highest BCUT2D eigenvalue weighted by atomic mass is 19.4. The number of halogens is 3. The van der Waals surface area contributed by atoms with Crippen LogP contribution in [0.4, 0.5) is 13.2 Å². The van der Waals surface area contributed by atoms with E-state index in [1.165, 1.54) is 0 Å². The Labute approximate surface area is 103 Å². The lowest BCUT2D eigenvalue weighted by atomic mass is 10.1. The zero-order valence-corrected chi connectivity index (χ0v) is 9.70. The standard InChI is InChI=1S/C11H14F3N3O/c12-11(13,14)9-4-6-16-10(17-9)18-7-8-3-1-2-5-15-8/h4,6,8,15H,1-3,5,7H2. The van der Waals surface area contributed by atoms with Crippen LogP contribution in [-0.4, -0.2) is 29.2 Å². The summed E-state index contributed by atoms with van der Waals surface area (Å²) in [5.74, 6) is 0. The van der Waals surface area contributed by atoms with Crippen LogP contribution in [-0.2, 0) is 6.18 Å². The first-order valence-electron chi connectivity index (χ1n) is 5.82. The van der Waals surface area contributed by atoms with Crippen molar-refractivity contribution in [3.63, 3.8) is 0 Å². The van der Waals surface area contributed by atoms with E-state index in [9.17, 15) is 13.2 Å². The van der Waals surface area contributed by atoms with E-state index in [1.807, 2.05) is 0 Å². The summed E-state index contributed by atoms with van der Waals surface area (Å²) in [5.41, 5.74) is -0.982. The average Bonchev–Trinajstić information content (AvgIpc) is 2.37. The smallest absolute Gasteiger partial charge is 0.433 e. The molecule has 4 nitrogen and oxygen atoms in total. The third-order valence-corrected chi connectivity index (χ3v) is 2.75. The number of nitrogens with zero attached hydrogens (tertiary/aromatic N) is 2. The summed E-state index contributed by atoms with van der Waals surface area (Å²) in [7, 11) is 0. The lowest BCUT2D eigenvalue weighted by molar-refractivity contribution is -0.141. The molecule has 1 fully saturated rings. The van der Waals surface area contributed by atoms with Crippen LogP contribution in [0.15, 0.2) is 12.3 Å². The molecule has 2 heterocycles. The van der Waals surface area contributed by atoms with Crippen LogP contribution in [0.3, 0.4) is 0 Å². The fraction of sp³-hybridized carbons (Fsp3) is 0.636. The first-order chi connectivity index (χ1) is 8.55. The second kappa shape index (κ2) is 5.51. The van der Waals surface area contributed by atoms with Crippen LogP contribution < -0.4 is 10.1 Å². The molecule has 1 aliphatic heterocycles. The zero-order chi connectivity index (χ0) is 13.0. The van der Waals surface area contributed by atoms with Gasteiger partial charge in [0.2, 0.25) is 0 Å². The minimum Gasteiger partial charge on any atom is -0.462 e. The summed E-state index contributed by atoms with van der Waals surface area (Å²) in [6, 6.07) is 0.764. The van der Waals surface area contributed by atoms with Crippen molar-refractivity contribution in [2.24, 2.45) is 0 Å². The predicted octanol–water partition coefficient (Wildman–Crippen LogP) is 2.02. The fourth-order valence-electron chi connectivity index (χ4n) is 1.81. The van der Waals surface area contributed by atoms with Crippen LogP contribution >= 0.6 is 0 Å². The molecule has 1 atom stereocenters. The largest absolute Gasteiger partial charge is 0.462 e. The molecule has 7 heteroatoms. The number of nitrogens with one attached hydrogen (secondary N) is 1. The van der Waals surface area contributed by atoms with Crippen molar-refractivity contribution in [2.75, 3.05) is 13.2 Å². The van der Waals surface area contributed by atoms with Gasteiger partial charge in [0.05, 0.1) is 0 Å². The van der Waals surface area contributed by atoms with Crippen molar-refractivity contribution in [3.8, 4) is 6.01 Å². The Morgan fingerprint density at radius 1 is 1.39 bits per heavy atom. The fourth-order valence-corrected chi connectivity index (χ4v) is 1.81. The molecule has 100 valence electrons. The number of aromatic nitrogens is 2.